The van der Waals surface area contributed by atoms with Gasteiger partial charge < -0.3 is 14.8 Å². The van der Waals surface area contributed by atoms with Crippen molar-refractivity contribution in [2.24, 2.45) is 0 Å². The maximum Gasteiger partial charge on any atom is 0.187 e. The van der Waals surface area contributed by atoms with E-state index in [9.17, 15) is 8.42 Å². The lowest BCUT2D eigenvalue weighted by Gasteiger charge is -2.07. The topological polar surface area (TPSA) is 101 Å². The van der Waals surface area contributed by atoms with Gasteiger partial charge in [0.15, 0.2) is 22.2 Å². The number of benzene rings is 2. The number of hydrogen-bond acceptors (Lipinski definition) is 3. The molecule has 0 radical (unpaired) electrons. The molecule has 0 aliphatic heterocycles. The van der Waals surface area contributed by atoms with E-state index in [0.717, 1.165) is 0 Å². The normalized spacial score (nSPS) is 14.7. The van der Waals surface area contributed by atoms with Crippen molar-refractivity contribution < 1.29 is 17.5 Å². The Labute approximate surface area is 102 Å². The van der Waals surface area contributed by atoms with Crippen LogP contribution in [0, 0.1) is 0 Å². The van der Waals surface area contributed by atoms with Crippen LogP contribution in [0.3, 0.4) is 0 Å². The van der Waals surface area contributed by atoms with E-state index in [1.807, 2.05) is 0 Å². The van der Waals surface area contributed by atoms with Gasteiger partial charge in [0.2, 0.25) is 0 Å². The average Bonchev–Trinajstić information content (AvgIpc) is 2.26. The molecule has 90 valence electrons. The van der Waals surface area contributed by atoms with E-state index in [-0.39, 0.29) is 15.5 Å². The van der Waals surface area contributed by atoms with Gasteiger partial charge in [-0.1, -0.05) is 12.1 Å². The van der Waals surface area contributed by atoms with Crippen LogP contribution < -0.4 is 5.73 Å². The predicted molar refractivity (Wildman–Crippen MR) is 66.4 cm³/mol. The largest absolute Gasteiger partial charge is 0.399 e. The molecule has 0 aromatic heterocycles. The van der Waals surface area contributed by atoms with Crippen LogP contribution in [-0.2, 0) is 22.2 Å². The molecule has 0 heterocycles. The third-order valence-corrected chi connectivity index (χ3v) is 3.76. The molecule has 0 fully saturated rings. The minimum atomic E-state index is -2.20. The zero-order valence-electron chi connectivity index (χ0n) is 8.49. The fourth-order valence-corrected chi connectivity index (χ4v) is 2.80. The molecule has 2 unspecified atom stereocenters. The molecule has 0 spiro atoms. The molecule has 5 nitrogen and oxygen atoms in total. The highest BCUT2D eigenvalue weighted by molar-refractivity contribution is 7.80. The smallest absolute Gasteiger partial charge is 0.187 e. The van der Waals surface area contributed by atoms with Gasteiger partial charge >= 0.3 is 0 Å². The zero-order chi connectivity index (χ0) is 12.6. The standard InChI is InChI=1S/C10H9NO4S2/c11-6-4-8-7(10(5-6)17(14)15)2-1-3-9(8)16(12)13/h1-5H,11H2,(H,12,13)(H,14,15). The zero-order valence-corrected chi connectivity index (χ0v) is 10.1. The van der Waals surface area contributed by atoms with E-state index in [1.54, 1.807) is 12.1 Å². The van der Waals surface area contributed by atoms with Crippen LogP contribution in [-0.4, -0.2) is 17.5 Å². The Kier molecular flexibility index (Phi) is 3.25. The number of fused-ring (bicyclic) bond motifs is 1. The molecule has 4 N–H and O–H groups in total. The SMILES string of the molecule is Nc1cc(S(=O)O)c2cccc(S(=O)O)c2c1. The van der Waals surface area contributed by atoms with Gasteiger partial charge in [0.1, 0.15) is 0 Å². The molecule has 2 aromatic carbocycles. The van der Waals surface area contributed by atoms with E-state index < -0.39 is 22.2 Å². The van der Waals surface area contributed by atoms with Gasteiger partial charge in [-0.2, -0.15) is 0 Å². The quantitative estimate of drug-likeness (QED) is 0.568. The highest BCUT2D eigenvalue weighted by Crippen LogP contribution is 2.28. The number of hydrogen-bond donors (Lipinski definition) is 3. The second-order valence-electron chi connectivity index (χ2n) is 3.37. The molecule has 0 saturated heterocycles. The van der Waals surface area contributed by atoms with Crippen LogP contribution >= 0.6 is 0 Å². The highest BCUT2D eigenvalue weighted by atomic mass is 32.2. The van der Waals surface area contributed by atoms with Crippen molar-refractivity contribution in [3.8, 4) is 0 Å². The Hall–Kier alpha value is -1.28. The first kappa shape index (κ1) is 12.2. The summed E-state index contributed by atoms with van der Waals surface area (Å²) in [5.74, 6) is 0. The number of rotatable bonds is 2. The summed E-state index contributed by atoms with van der Waals surface area (Å²) in [4.78, 5) is 0.300. The Balaban J connectivity index is 2.92. The summed E-state index contributed by atoms with van der Waals surface area (Å²) in [5, 5.41) is 0.852. The van der Waals surface area contributed by atoms with Gasteiger partial charge in [-0.05, 0) is 18.2 Å². The minimum Gasteiger partial charge on any atom is -0.399 e. The third kappa shape index (κ3) is 2.22. The first-order valence-electron chi connectivity index (χ1n) is 4.54. The van der Waals surface area contributed by atoms with Crippen LogP contribution in [0.15, 0.2) is 40.1 Å². The summed E-state index contributed by atoms with van der Waals surface area (Å²) >= 11 is -4.37. The van der Waals surface area contributed by atoms with E-state index >= 15 is 0 Å². The molecule has 0 amide bonds. The van der Waals surface area contributed by atoms with Crippen molar-refractivity contribution in [3.63, 3.8) is 0 Å². The highest BCUT2D eigenvalue weighted by Gasteiger charge is 2.12. The second kappa shape index (κ2) is 4.53. The number of anilines is 1. The molecule has 0 aliphatic carbocycles. The maximum atomic E-state index is 11.2. The summed E-state index contributed by atoms with van der Waals surface area (Å²) in [7, 11) is 0. The minimum absolute atomic E-state index is 0.132. The van der Waals surface area contributed by atoms with Crippen molar-refractivity contribution in [1.29, 1.82) is 0 Å². The van der Waals surface area contributed by atoms with Crippen LogP contribution in [0.2, 0.25) is 0 Å². The van der Waals surface area contributed by atoms with E-state index in [4.69, 9.17) is 14.8 Å². The molecule has 17 heavy (non-hydrogen) atoms. The van der Waals surface area contributed by atoms with E-state index in [0.29, 0.717) is 10.8 Å². The Morgan fingerprint density at radius 2 is 1.59 bits per heavy atom. The van der Waals surface area contributed by atoms with Gasteiger partial charge in [0, 0.05) is 16.5 Å². The van der Waals surface area contributed by atoms with Crippen LogP contribution in [0.4, 0.5) is 5.69 Å². The second-order valence-corrected chi connectivity index (χ2v) is 5.24. The van der Waals surface area contributed by atoms with Gasteiger partial charge in [0.25, 0.3) is 0 Å². The third-order valence-electron chi connectivity index (χ3n) is 2.32. The molecular weight excluding hydrogens is 262 g/mol. The molecule has 2 atom stereocenters. The first-order valence-corrected chi connectivity index (χ1v) is 6.76. The molecule has 0 aliphatic rings. The first-order chi connectivity index (χ1) is 8.00. The van der Waals surface area contributed by atoms with E-state index in [1.165, 1.54) is 18.2 Å². The van der Waals surface area contributed by atoms with Crippen molar-refractivity contribution in [3.05, 3.63) is 30.3 Å². The average molecular weight is 271 g/mol. The Morgan fingerprint density at radius 3 is 2.18 bits per heavy atom. The summed E-state index contributed by atoms with van der Waals surface area (Å²) in [6, 6.07) is 7.52. The van der Waals surface area contributed by atoms with E-state index in [2.05, 4.69) is 0 Å². The van der Waals surface area contributed by atoms with Crippen LogP contribution in [0.5, 0.6) is 0 Å². The summed E-state index contributed by atoms with van der Waals surface area (Å²) in [5.41, 5.74) is 5.88. The molecule has 2 aromatic rings. The lowest BCUT2D eigenvalue weighted by molar-refractivity contribution is 0.563. The van der Waals surface area contributed by atoms with Gasteiger partial charge in [0.05, 0.1) is 9.79 Å². The summed E-state index contributed by atoms with van der Waals surface area (Å²) < 4.78 is 40.6. The molecule has 2 rings (SSSR count). The van der Waals surface area contributed by atoms with Crippen molar-refractivity contribution in [2.75, 3.05) is 5.73 Å². The summed E-state index contributed by atoms with van der Waals surface area (Å²) in [6.07, 6.45) is 0. The van der Waals surface area contributed by atoms with Gasteiger partial charge in [-0.25, -0.2) is 8.42 Å². The van der Waals surface area contributed by atoms with Gasteiger partial charge in [-0.15, -0.1) is 0 Å². The fourth-order valence-electron chi connectivity index (χ4n) is 1.64. The predicted octanol–water partition coefficient (Wildman–Crippen LogP) is 1.58. The van der Waals surface area contributed by atoms with Crippen molar-refractivity contribution in [1.82, 2.24) is 0 Å². The Bertz CT molecular complexity index is 641. The van der Waals surface area contributed by atoms with Crippen LogP contribution in [0.25, 0.3) is 10.8 Å². The molecule has 0 bridgehead atoms. The number of nitrogens with two attached hydrogens (primary N) is 1. The molecular formula is C10H9NO4S2. The molecule has 0 saturated carbocycles. The maximum absolute atomic E-state index is 11.2. The lowest BCUT2D eigenvalue weighted by Crippen LogP contribution is -1.97. The van der Waals surface area contributed by atoms with Crippen molar-refractivity contribution >= 4 is 38.6 Å². The monoisotopic (exact) mass is 271 g/mol. The van der Waals surface area contributed by atoms with Crippen LogP contribution in [0.1, 0.15) is 0 Å². The molecule has 7 heteroatoms. The number of nitrogen functional groups attached to an aromatic ring is 1. The van der Waals surface area contributed by atoms with Gasteiger partial charge in [-0.3, -0.25) is 0 Å². The fraction of sp³-hybridized carbons (Fsp3) is 0. The summed E-state index contributed by atoms with van der Waals surface area (Å²) in [6.45, 7) is 0. The lowest BCUT2D eigenvalue weighted by atomic mass is 10.1. The Morgan fingerprint density at radius 1 is 0.941 bits per heavy atom. The van der Waals surface area contributed by atoms with Crippen molar-refractivity contribution in [2.45, 2.75) is 9.79 Å².